The second-order valence-electron chi connectivity index (χ2n) is 4.10. The third-order valence-corrected chi connectivity index (χ3v) is 2.71. The van der Waals surface area contributed by atoms with Gasteiger partial charge in [-0.25, -0.2) is 14.3 Å². The Morgan fingerprint density at radius 3 is 2.50 bits per heavy atom. The van der Waals surface area contributed by atoms with E-state index in [1.54, 1.807) is 42.1 Å². The van der Waals surface area contributed by atoms with Crippen molar-refractivity contribution in [3.05, 3.63) is 41.7 Å². The minimum Gasteiger partial charge on any atom is -0.465 e. The highest BCUT2D eigenvalue weighted by atomic mass is 16.5. The van der Waals surface area contributed by atoms with Gasteiger partial charge >= 0.3 is 12.0 Å². The van der Waals surface area contributed by atoms with Gasteiger partial charge in [0, 0.05) is 0 Å². The second kappa shape index (κ2) is 5.43. The minimum absolute atomic E-state index is 0.399. The van der Waals surface area contributed by atoms with Crippen LogP contribution in [0, 0.1) is 6.92 Å². The molecule has 0 aliphatic heterocycles. The van der Waals surface area contributed by atoms with Crippen molar-refractivity contribution in [2.75, 3.05) is 12.4 Å². The first-order chi connectivity index (χ1) is 9.51. The summed E-state index contributed by atoms with van der Waals surface area (Å²) in [5, 5.41) is 6.74. The van der Waals surface area contributed by atoms with Crippen LogP contribution in [-0.4, -0.2) is 28.9 Å². The highest BCUT2D eigenvalue weighted by molar-refractivity contribution is 5.89. The number of nitrogens with one attached hydrogen (secondary N) is 1. The normalized spacial score (nSPS) is 10.1. The molecule has 2 aromatic rings. The van der Waals surface area contributed by atoms with Gasteiger partial charge in [0.2, 0.25) is 0 Å². The molecular weight excluding hydrogens is 260 g/mol. The summed E-state index contributed by atoms with van der Waals surface area (Å²) in [6.45, 7) is 1.75. The zero-order valence-corrected chi connectivity index (χ0v) is 11.1. The highest BCUT2D eigenvalue weighted by Crippen LogP contribution is 2.17. The van der Waals surface area contributed by atoms with E-state index in [0.717, 1.165) is 5.69 Å². The van der Waals surface area contributed by atoms with Crippen molar-refractivity contribution in [3.8, 4) is 5.69 Å². The number of urea groups is 1. The molecule has 0 aliphatic rings. The molecule has 0 spiro atoms. The van der Waals surface area contributed by atoms with Gasteiger partial charge in [0.05, 0.1) is 35.9 Å². The molecule has 0 saturated carbocycles. The Hall–Kier alpha value is -2.83. The number of hydrogen-bond donors (Lipinski definition) is 2. The average Bonchev–Trinajstić information content (AvgIpc) is 2.79. The van der Waals surface area contributed by atoms with E-state index in [4.69, 9.17) is 5.73 Å². The van der Waals surface area contributed by atoms with Crippen LogP contribution in [0.4, 0.5) is 10.5 Å². The lowest BCUT2D eigenvalue weighted by Gasteiger charge is -2.03. The van der Waals surface area contributed by atoms with Crippen molar-refractivity contribution >= 4 is 17.7 Å². The molecule has 0 fully saturated rings. The van der Waals surface area contributed by atoms with Gasteiger partial charge in [0.15, 0.2) is 0 Å². The fourth-order valence-electron chi connectivity index (χ4n) is 1.72. The van der Waals surface area contributed by atoms with Gasteiger partial charge in [-0.15, -0.1) is 0 Å². The van der Waals surface area contributed by atoms with E-state index in [0.29, 0.717) is 16.9 Å². The SMILES string of the molecule is COC(=O)c1ccc(-n2cc(NC(N)=O)c(C)n2)cc1. The quantitative estimate of drug-likeness (QED) is 0.827. The largest absolute Gasteiger partial charge is 0.465 e. The predicted octanol–water partition coefficient (Wildman–Crippen LogP) is 1.46. The van der Waals surface area contributed by atoms with Gasteiger partial charge in [-0.2, -0.15) is 5.10 Å². The highest BCUT2D eigenvalue weighted by Gasteiger charge is 2.09. The lowest BCUT2D eigenvalue weighted by atomic mass is 10.2. The fourth-order valence-corrected chi connectivity index (χ4v) is 1.72. The molecule has 2 amide bonds. The van der Waals surface area contributed by atoms with E-state index in [1.807, 2.05) is 0 Å². The lowest BCUT2D eigenvalue weighted by Crippen LogP contribution is -2.19. The van der Waals surface area contributed by atoms with E-state index < -0.39 is 12.0 Å². The molecule has 7 heteroatoms. The Balaban J connectivity index is 2.28. The van der Waals surface area contributed by atoms with Crippen molar-refractivity contribution in [2.45, 2.75) is 6.92 Å². The molecule has 1 aromatic heterocycles. The number of anilines is 1. The van der Waals surface area contributed by atoms with E-state index in [2.05, 4.69) is 15.2 Å². The topological polar surface area (TPSA) is 99.2 Å². The van der Waals surface area contributed by atoms with Crippen LogP contribution in [0.5, 0.6) is 0 Å². The molecule has 1 aromatic carbocycles. The number of methoxy groups -OCH3 is 1. The molecule has 0 unspecified atom stereocenters. The van der Waals surface area contributed by atoms with Gasteiger partial charge in [-0.1, -0.05) is 0 Å². The Bertz CT molecular complexity index is 646. The molecule has 0 radical (unpaired) electrons. The van der Waals surface area contributed by atoms with Crippen LogP contribution in [0.15, 0.2) is 30.5 Å². The van der Waals surface area contributed by atoms with Gasteiger partial charge in [0.25, 0.3) is 0 Å². The molecule has 0 saturated heterocycles. The Kier molecular flexibility index (Phi) is 3.69. The molecule has 3 N–H and O–H groups in total. The minimum atomic E-state index is -0.645. The van der Waals surface area contributed by atoms with Gasteiger partial charge in [-0.05, 0) is 31.2 Å². The van der Waals surface area contributed by atoms with Crippen molar-refractivity contribution in [2.24, 2.45) is 5.73 Å². The number of aromatic nitrogens is 2. The van der Waals surface area contributed by atoms with E-state index >= 15 is 0 Å². The van der Waals surface area contributed by atoms with E-state index in [1.165, 1.54) is 7.11 Å². The van der Waals surface area contributed by atoms with Crippen LogP contribution in [0.3, 0.4) is 0 Å². The monoisotopic (exact) mass is 274 g/mol. The van der Waals surface area contributed by atoms with Crippen LogP contribution >= 0.6 is 0 Å². The Morgan fingerprint density at radius 1 is 1.30 bits per heavy atom. The first kappa shape index (κ1) is 13.6. The maximum Gasteiger partial charge on any atom is 0.337 e. The summed E-state index contributed by atoms with van der Waals surface area (Å²) in [4.78, 5) is 22.2. The summed E-state index contributed by atoms with van der Waals surface area (Å²) in [5.41, 5.74) is 7.45. The predicted molar refractivity (Wildman–Crippen MR) is 72.8 cm³/mol. The van der Waals surface area contributed by atoms with Crippen LogP contribution in [-0.2, 0) is 4.74 Å². The number of primary amides is 1. The van der Waals surface area contributed by atoms with Crippen molar-refractivity contribution in [1.29, 1.82) is 0 Å². The zero-order valence-electron chi connectivity index (χ0n) is 11.1. The summed E-state index contributed by atoms with van der Waals surface area (Å²) in [5.74, 6) is -0.399. The summed E-state index contributed by atoms with van der Waals surface area (Å²) < 4.78 is 6.21. The third kappa shape index (κ3) is 2.77. The number of amides is 2. The maximum atomic E-state index is 11.3. The number of hydrogen-bond acceptors (Lipinski definition) is 4. The zero-order chi connectivity index (χ0) is 14.7. The number of carbonyl (C=O) groups is 2. The van der Waals surface area contributed by atoms with Crippen molar-refractivity contribution in [3.63, 3.8) is 0 Å². The van der Waals surface area contributed by atoms with Gasteiger partial charge in [-0.3, -0.25) is 0 Å². The van der Waals surface area contributed by atoms with Crippen LogP contribution < -0.4 is 11.1 Å². The van der Waals surface area contributed by atoms with Crippen LogP contribution in [0.1, 0.15) is 16.1 Å². The maximum absolute atomic E-state index is 11.3. The summed E-state index contributed by atoms with van der Waals surface area (Å²) in [6.07, 6.45) is 1.65. The number of nitrogens with zero attached hydrogens (tertiary/aromatic N) is 2. The summed E-state index contributed by atoms with van der Waals surface area (Å²) in [6, 6.07) is 6.09. The van der Waals surface area contributed by atoms with Gasteiger partial charge in [0.1, 0.15) is 0 Å². The van der Waals surface area contributed by atoms with E-state index in [9.17, 15) is 9.59 Å². The molecule has 0 aliphatic carbocycles. The molecule has 2 rings (SSSR count). The number of esters is 1. The van der Waals surface area contributed by atoms with Crippen molar-refractivity contribution in [1.82, 2.24) is 9.78 Å². The van der Waals surface area contributed by atoms with Crippen molar-refractivity contribution < 1.29 is 14.3 Å². The second-order valence-corrected chi connectivity index (χ2v) is 4.10. The average molecular weight is 274 g/mol. The molecule has 20 heavy (non-hydrogen) atoms. The molecule has 0 bridgehead atoms. The third-order valence-electron chi connectivity index (χ3n) is 2.71. The lowest BCUT2D eigenvalue weighted by molar-refractivity contribution is 0.0600. The summed E-state index contributed by atoms with van der Waals surface area (Å²) in [7, 11) is 1.33. The van der Waals surface area contributed by atoms with Gasteiger partial charge < -0.3 is 15.8 Å². The number of carbonyl (C=O) groups excluding carboxylic acids is 2. The number of benzene rings is 1. The fraction of sp³-hybridized carbons (Fsp3) is 0.154. The Morgan fingerprint density at radius 2 is 1.95 bits per heavy atom. The van der Waals surface area contributed by atoms with Crippen LogP contribution in [0.25, 0.3) is 5.69 Å². The van der Waals surface area contributed by atoms with Crippen LogP contribution in [0.2, 0.25) is 0 Å². The standard InChI is InChI=1S/C13H14N4O3/c1-8-11(15-13(14)19)7-17(16-8)10-5-3-9(4-6-10)12(18)20-2/h3-7H,1-2H3,(H3,14,15,19). The Labute approximate surface area is 115 Å². The first-order valence-corrected chi connectivity index (χ1v) is 5.82. The first-order valence-electron chi connectivity index (χ1n) is 5.82. The number of aryl methyl sites for hydroxylation is 1. The number of rotatable bonds is 3. The molecular formula is C13H14N4O3. The van der Waals surface area contributed by atoms with E-state index in [-0.39, 0.29) is 0 Å². The molecule has 104 valence electrons. The molecule has 7 nitrogen and oxygen atoms in total. The molecule has 1 heterocycles. The smallest absolute Gasteiger partial charge is 0.337 e. The molecule has 0 atom stereocenters. The number of ether oxygens (including phenoxy) is 1. The number of nitrogens with two attached hydrogens (primary N) is 1. The summed E-state index contributed by atoms with van der Waals surface area (Å²) >= 11 is 0.